The van der Waals surface area contributed by atoms with Crippen LogP contribution in [0.15, 0.2) is 57.2 Å². The van der Waals surface area contributed by atoms with E-state index < -0.39 is 0 Å². The van der Waals surface area contributed by atoms with Crippen molar-refractivity contribution in [1.82, 2.24) is 9.97 Å². The van der Waals surface area contributed by atoms with Crippen molar-refractivity contribution < 1.29 is 0 Å². The van der Waals surface area contributed by atoms with E-state index in [-0.39, 0.29) is 11.8 Å². The number of halogens is 1. The topological polar surface area (TPSA) is 103 Å². The lowest BCUT2D eigenvalue weighted by molar-refractivity contribution is 1.26. The quantitative estimate of drug-likeness (QED) is 0.408. The van der Waals surface area contributed by atoms with Gasteiger partial charge in [-0.2, -0.15) is 9.98 Å². The summed E-state index contributed by atoms with van der Waals surface area (Å²) in [5, 5.41) is 0.547. The van der Waals surface area contributed by atoms with Crippen LogP contribution in [0.4, 0.5) is 5.13 Å². The molecule has 0 saturated heterocycles. The average molecular weight is 375 g/mol. The second-order valence-electron chi connectivity index (χ2n) is 4.30. The Bertz CT molecular complexity index is 853. The van der Waals surface area contributed by atoms with Gasteiger partial charge in [0, 0.05) is 11.8 Å². The number of fused-ring (bicyclic) bond motifs is 1. The molecular weight excluding hydrogens is 364 g/mol. The number of thiazole rings is 1. The van der Waals surface area contributed by atoms with E-state index in [0.29, 0.717) is 15.3 Å². The van der Waals surface area contributed by atoms with E-state index >= 15 is 0 Å². The molecule has 0 aliphatic heterocycles. The van der Waals surface area contributed by atoms with Gasteiger partial charge in [-0.05, 0) is 40.2 Å². The summed E-state index contributed by atoms with van der Waals surface area (Å²) in [7, 11) is 0. The van der Waals surface area contributed by atoms with Crippen LogP contribution >= 0.6 is 27.3 Å². The first-order chi connectivity index (χ1) is 10.6. The van der Waals surface area contributed by atoms with Crippen molar-refractivity contribution in [3.63, 3.8) is 0 Å². The molecule has 0 aliphatic rings. The van der Waals surface area contributed by atoms with Crippen molar-refractivity contribution in [1.29, 1.82) is 0 Å². The molecule has 0 radical (unpaired) electrons. The number of para-hydroxylation sites is 1. The van der Waals surface area contributed by atoms with Crippen LogP contribution in [0, 0.1) is 0 Å². The second kappa shape index (κ2) is 6.20. The minimum atomic E-state index is 0.0597. The first-order valence-electron chi connectivity index (χ1n) is 6.27. The van der Waals surface area contributed by atoms with Crippen LogP contribution < -0.4 is 11.5 Å². The molecule has 3 rings (SSSR count). The van der Waals surface area contributed by atoms with Crippen molar-refractivity contribution in [3.05, 3.63) is 52.8 Å². The van der Waals surface area contributed by atoms with Crippen LogP contribution in [0.2, 0.25) is 0 Å². The van der Waals surface area contributed by atoms with Crippen LogP contribution in [0.5, 0.6) is 0 Å². The third-order valence-corrected chi connectivity index (χ3v) is 4.11. The maximum atomic E-state index is 5.92. The fourth-order valence-electron chi connectivity index (χ4n) is 1.78. The number of pyridine rings is 1. The normalized spacial score (nSPS) is 12.8. The molecule has 8 heteroatoms. The summed E-state index contributed by atoms with van der Waals surface area (Å²) >= 11 is 4.72. The summed E-state index contributed by atoms with van der Waals surface area (Å²) in [5.74, 6) is 0.329. The molecular formula is C14H11BrN6S. The molecule has 4 N–H and O–H groups in total. The minimum Gasteiger partial charge on any atom is -0.383 e. The Balaban J connectivity index is 1.89. The molecule has 1 aromatic carbocycles. The van der Waals surface area contributed by atoms with Gasteiger partial charge in [0.05, 0.1) is 10.2 Å². The largest absolute Gasteiger partial charge is 0.383 e. The lowest BCUT2D eigenvalue weighted by Gasteiger charge is -2.00. The smallest absolute Gasteiger partial charge is 0.224 e. The predicted octanol–water partition coefficient (Wildman–Crippen LogP) is 2.81. The number of nitrogens with zero attached hydrogens (tertiary/aromatic N) is 4. The molecule has 0 amide bonds. The Morgan fingerprint density at radius 3 is 2.77 bits per heavy atom. The molecule has 110 valence electrons. The van der Waals surface area contributed by atoms with Crippen LogP contribution in [-0.4, -0.2) is 21.8 Å². The van der Waals surface area contributed by atoms with Gasteiger partial charge >= 0.3 is 0 Å². The monoisotopic (exact) mass is 374 g/mol. The molecule has 3 aromatic rings. The van der Waals surface area contributed by atoms with Crippen molar-refractivity contribution in [3.8, 4) is 0 Å². The molecule has 0 spiro atoms. The molecule has 0 aliphatic carbocycles. The van der Waals surface area contributed by atoms with Gasteiger partial charge in [0.25, 0.3) is 0 Å². The van der Waals surface area contributed by atoms with E-state index in [1.165, 1.54) is 11.3 Å². The van der Waals surface area contributed by atoms with Crippen molar-refractivity contribution >= 4 is 54.4 Å². The Hall–Kier alpha value is -2.32. The summed E-state index contributed by atoms with van der Waals surface area (Å²) in [5.41, 5.74) is 13.3. The number of rotatable bonds is 2. The van der Waals surface area contributed by atoms with Gasteiger partial charge in [-0.3, -0.25) is 0 Å². The Morgan fingerprint density at radius 1 is 1.18 bits per heavy atom. The summed E-state index contributed by atoms with van der Waals surface area (Å²) in [4.78, 5) is 16.7. The van der Waals surface area contributed by atoms with Crippen molar-refractivity contribution in [2.24, 2.45) is 21.5 Å². The molecule has 0 fully saturated rings. The summed E-state index contributed by atoms with van der Waals surface area (Å²) < 4.78 is 1.72. The molecule has 6 nitrogen and oxygen atoms in total. The minimum absolute atomic E-state index is 0.0597. The fourth-order valence-corrected chi connectivity index (χ4v) is 2.99. The first-order valence-corrected chi connectivity index (χ1v) is 7.88. The van der Waals surface area contributed by atoms with Gasteiger partial charge in [-0.15, -0.1) is 0 Å². The van der Waals surface area contributed by atoms with E-state index in [1.807, 2.05) is 24.3 Å². The number of benzene rings is 1. The van der Waals surface area contributed by atoms with Crippen LogP contribution in [0.3, 0.4) is 0 Å². The highest BCUT2D eigenvalue weighted by molar-refractivity contribution is 9.10. The van der Waals surface area contributed by atoms with Gasteiger partial charge < -0.3 is 11.5 Å². The Labute approximate surface area is 138 Å². The van der Waals surface area contributed by atoms with Gasteiger partial charge in [0.2, 0.25) is 11.1 Å². The molecule has 2 aromatic heterocycles. The maximum absolute atomic E-state index is 5.92. The zero-order valence-electron chi connectivity index (χ0n) is 11.3. The number of hydrogen-bond acceptors (Lipinski definition) is 4. The van der Waals surface area contributed by atoms with E-state index in [2.05, 4.69) is 35.9 Å². The molecule has 2 heterocycles. The predicted molar refractivity (Wildman–Crippen MR) is 93.6 cm³/mol. The number of aliphatic imine (C=N–C) groups is 2. The highest BCUT2D eigenvalue weighted by Crippen LogP contribution is 2.27. The van der Waals surface area contributed by atoms with Crippen molar-refractivity contribution in [2.75, 3.05) is 0 Å². The first kappa shape index (κ1) is 14.6. The van der Waals surface area contributed by atoms with E-state index in [9.17, 15) is 0 Å². The molecule has 0 bridgehead atoms. The van der Waals surface area contributed by atoms with Gasteiger partial charge in [-0.1, -0.05) is 23.5 Å². The SMILES string of the molecule is N/C(=N\C(N)=N\c1nc2ccccc2s1)c1ccnc(Br)c1. The average Bonchev–Trinajstić information content (AvgIpc) is 2.89. The zero-order chi connectivity index (χ0) is 15.5. The summed E-state index contributed by atoms with van der Waals surface area (Å²) in [6.07, 6.45) is 1.63. The number of amidine groups is 1. The third kappa shape index (κ3) is 3.29. The van der Waals surface area contributed by atoms with Gasteiger partial charge in [0.15, 0.2) is 0 Å². The van der Waals surface area contributed by atoms with E-state index in [0.717, 1.165) is 10.2 Å². The summed E-state index contributed by atoms with van der Waals surface area (Å²) in [6.45, 7) is 0. The van der Waals surface area contributed by atoms with Gasteiger partial charge in [0.1, 0.15) is 10.4 Å². The lowest BCUT2D eigenvalue weighted by Crippen LogP contribution is -2.19. The van der Waals surface area contributed by atoms with Gasteiger partial charge in [-0.25, -0.2) is 9.97 Å². The zero-order valence-corrected chi connectivity index (χ0v) is 13.7. The summed E-state index contributed by atoms with van der Waals surface area (Å²) in [6, 6.07) is 11.3. The van der Waals surface area contributed by atoms with Crippen LogP contribution in [0.25, 0.3) is 10.2 Å². The van der Waals surface area contributed by atoms with E-state index in [4.69, 9.17) is 11.5 Å². The van der Waals surface area contributed by atoms with Crippen LogP contribution in [-0.2, 0) is 0 Å². The van der Waals surface area contributed by atoms with Crippen LogP contribution in [0.1, 0.15) is 5.56 Å². The molecule has 22 heavy (non-hydrogen) atoms. The highest BCUT2D eigenvalue weighted by Gasteiger charge is 2.04. The standard InChI is InChI=1S/C14H11BrN6S/c15-11-7-8(5-6-18-11)12(16)20-13(17)21-14-19-9-3-1-2-4-10(9)22-14/h1-7H,(H4,16,17,19,20,21). The second-order valence-corrected chi connectivity index (χ2v) is 6.12. The number of nitrogens with two attached hydrogens (primary N) is 2. The lowest BCUT2D eigenvalue weighted by atomic mass is 10.2. The third-order valence-electron chi connectivity index (χ3n) is 2.75. The fraction of sp³-hybridized carbons (Fsp3) is 0. The Morgan fingerprint density at radius 2 is 2.00 bits per heavy atom. The highest BCUT2D eigenvalue weighted by atomic mass is 79.9. The molecule has 0 unspecified atom stereocenters. The van der Waals surface area contributed by atoms with E-state index in [1.54, 1.807) is 18.3 Å². The molecule has 0 saturated carbocycles. The molecule has 0 atom stereocenters. The van der Waals surface area contributed by atoms with Crippen molar-refractivity contribution in [2.45, 2.75) is 0 Å². The maximum Gasteiger partial charge on any atom is 0.224 e. The number of guanidine groups is 1. The number of hydrogen-bond donors (Lipinski definition) is 2. The Kier molecular flexibility index (Phi) is 4.12. The number of aromatic nitrogens is 2.